The number of carbonyl (C=O) groups excluding carboxylic acids is 2. The predicted octanol–water partition coefficient (Wildman–Crippen LogP) is 4.35. The lowest BCUT2D eigenvalue weighted by molar-refractivity contribution is -0.133. The minimum absolute atomic E-state index is 0.198. The van der Waals surface area contributed by atoms with Gasteiger partial charge in [0.1, 0.15) is 0 Å². The first-order chi connectivity index (χ1) is 15.5. The number of nitrogens with zero attached hydrogens (tertiary/aromatic N) is 1. The number of hydrogen-bond donors (Lipinski definition) is 3. The summed E-state index contributed by atoms with van der Waals surface area (Å²) in [4.78, 5) is 29.3. The van der Waals surface area contributed by atoms with Gasteiger partial charge in [0.25, 0.3) is 5.91 Å². The maximum Gasteiger partial charge on any atom is 0.251 e. The number of nitrogens with one attached hydrogen (secondary N) is 2. The summed E-state index contributed by atoms with van der Waals surface area (Å²) in [6, 6.07) is 17.7. The third-order valence-electron chi connectivity index (χ3n) is 6.30. The van der Waals surface area contributed by atoms with Gasteiger partial charge in [0.15, 0.2) is 0 Å². The Morgan fingerprint density at radius 2 is 1.84 bits per heavy atom. The molecule has 1 aliphatic carbocycles. The second kappa shape index (κ2) is 9.49. The lowest BCUT2D eigenvalue weighted by atomic mass is 9.97. The molecule has 0 bridgehead atoms. The largest absolute Gasteiger partial charge is 0.349 e. The van der Waals surface area contributed by atoms with Crippen LogP contribution in [0.4, 0.5) is 0 Å². The molecular formula is C26H29N3O3. The third kappa shape index (κ3) is 4.65. The molecule has 4 rings (SSSR count). The van der Waals surface area contributed by atoms with E-state index in [9.17, 15) is 9.59 Å². The number of rotatable bonds is 6. The van der Waals surface area contributed by atoms with E-state index in [4.69, 9.17) is 10.2 Å². The maximum atomic E-state index is 12.7. The highest BCUT2D eigenvalue weighted by molar-refractivity contribution is 5.95. The average molecular weight is 432 g/mol. The van der Waals surface area contributed by atoms with Gasteiger partial charge in [-0.2, -0.15) is 0 Å². The van der Waals surface area contributed by atoms with Gasteiger partial charge in [-0.15, -0.1) is 0 Å². The molecule has 6 nitrogen and oxygen atoms in total. The molecule has 1 heterocycles. The molecule has 0 unspecified atom stereocenters. The van der Waals surface area contributed by atoms with E-state index in [0.29, 0.717) is 17.9 Å². The first-order valence-corrected chi connectivity index (χ1v) is 11.2. The van der Waals surface area contributed by atoms with Crippen LogP contribution in [0, 0.1) is 5.92 Å². The van der Waals surface area contributed by atoms with Gasteiger partial charge in [-0.3, -0.25) is 19.8 Å². The normalized spacial score (nSPS) is 18.1. The van der Waals surface area contributed by atoms with Crippen molar-refractivity contribution in [1.29, 1.82) is 0 Å². The molecule has 1 fully saturated rings. The lowest BCUT2D eigenvalue weighted by Gasteiger charge is -2.19. The van der Waals surface area contributed by atoms with Gasteiger partial charge in [0.2, 0.25) is 5.91 Å². The molecule has 3 aromatic rings. The Balaban J connectivity index is 1.50. The van der Waals surface area contributed by atoms with E-state index in [2.05, 4.69) is 31.3 Å². The quantitative estimate of drug-likeness (QED) is 0.400. The molecule has 2 atom stereocenters. The summed E-state index contributed by atoms with van der Waals surface area (Å²) in [7, 11) is 0. The second-order valence-electron chi connectivity index (χ2n) is 8.85. The molecule has 6 heteroatoms. The Morgan fingerprint density at radius 3 is 2.56 bits per heavy atom. The van der Waals surface area contributed by atoms with Gasteiger partial charge >= 0.3 is 0 Å². The van der Waals surface area contributed by atoms with E-state index in [-0.39, 0.29) is 11.9 Å². The Labute approximate surface area is 188 Å². The number of amides is 2. The summed E-state index contributed by atoms with van der Waals surface area (Å²) in [5.74, 6) is -0.681. The highest BCUT2D eigenvalue weighted by Gasteiger charge is 2.34. The van der Waals surface area contributed by atoms with E-state index >= 15 is 0 Å². The number of pyridine rings is 1. The zero-order chi connectivity index (χ0) is 22.7. The molecule has 166 valence electrons. The molecular weight excluding hydrogens is 402 g/mol. The van der Waals surface area contributed by atoms with Crippen LogP contribution in [0.25, 0.3) is 10.9 Å². The number of fused-ring (bicyclic) bond motifs is 1. The summed E-state index contributed by atoms with van der Waals surface area (Å²) in [5.41, 5.74) is 6.69. The van der Waals surface area contributed by atoms with Crippen LogP contribution in [0.3, 0.4) is 0 Å². The predicted molar refractivity (Wildman–Crippen MR) is 124 cm³/mol. The van der Waals surface area contributed by atoms with Crippen molar-refractivity contribution < 1.29 is 14.8 Å². The number of aromatic nitrogens is 1. The Hall–Kier alpha value is -3.25. The van der Waals surface area contributed by atoms with Crippen molar-refractivity contribution in [1.82, 2.24) is 15.8 Å². The van der Waals surface area contributed by atoms with Crippen molar-refractivity contribution in [3.63, 3.8) is 0 Å². The van der Waals surface area contributed by atoms with Crippen molar-refractivity contribution in [3.05, 3.63) is 77.0 Å². The summed E-state index contributed by atoms with van der Waals surface area (Å²) in [5, 5.41) is 13.0. The average Bonchev–Trinajstić information content (AvgIpc) is 3.27. The summed E-state index contributed by atoms with van der Waals surface area (Å²) in [6.45, 7) is 4.29. The number of para-hydroxylation sites is 1. The number of hydroxylamine groups is 1. The number of hydrogen-bond acceptors (Lipinski definition) is 4. The zero-order valence-electron chi connectivity index (χ0n) is 18.5. The van der Waals surface area contributed by atoms with Crippen molar-refractivity contribution in [2.75, 3.05) is 0 Å². The summed E-state index contributed by atoms with van der Waals surface area (Å²) >= 11 is 0. The second-order valence-corrected chi connectivity index (χ2v) is 8.85. The van der Waals surface area contributed by atoms with Crippen LogP contribution in [0.2, 0.25) is 0 Å². The SMILES string of the molecule is CC(C)c1cc(Cc2ccc(C(=O)N[C@@H]3CCC[C@@H]3C(=O)NO)cc2)c2ccccc2n1. The molecule has 1 aliphatic rings. The van der Waals surface area contributed by atoms with Crippen LogP contribution in [-0.2, 0) is 11.2 Å². The van der Waals surface area contributed by atoms with Gasteiger partial charge in [-0.1, -0.05) is 50.6 Å². The zero-order valence-corrected chi connectivity index (χ0v) is 18.5. The highest BCUT2D eigenvalue weighted by atomic mass is 16.5. The molecule has 0 radical (unpaired) electrons. The van der Waals surface area contributed by atoms with Crippen LogP contribution < -0.4 is 10.8 Å². The van der Waals surface area contributed by atoms with Gasteiger partial charge in [-0.05, 0) is 60.6 Å². The maximum absolute atomic E-state index is 12.7. The van der Waals surface area contributed by atoms with Gasteiger partial charge in [-0.25, -0.2) is 5.48 Å². The molecule has 2 amide bonds. The fourth-order valence-corrected chi connectivity index (χ4v) is 4.49. The van der Waals surface area contributed by atoms with E-state index in [1.807, 2.05) is 42.5 Å². The lowest BCUT2D eigenvalue weighted by Crippen LogP contribution is -2.43. The number of benzene rings is 2. The van der Waals surface area contributed by atoms with Crippen molar-refractivity contribution in [2.45, 2.75) is 51.5 Å². The van der Waals surface area contributed by atoms with Gasteiger partial charge in [0, 0.05) is 22.7 Å². The molecule has 1 aromatic heterocycles. The molecule has 2 aromatic carbocycles. The van der Waals surface area contributed by atoms with Crippen LogP contribution >= 0.6 is 0 Å². The van der Waals surface area contributed by atoms with E-state index in [1.165, 1.54) is 5.56 Å². The fourth-order valence-electron chi connectivity index (χ4n) is 4.49. The molecule has 0 saturated heterocycles. The Bertz CT molecular complexity index is 1120. The van der Waals surface area contributed by atoms with E-state index < -0.39 is 11.8 Å². The molecule has 0 aliphatic heterocycles. The highest BCUT2D eigenvalue weighted by Crippen LogP contribution is 2.27. The minimum atomic E-state index is -0.437. The van der Waals surface area contributed by atoms with Crippen LogP contribution in [0.1, 0.15) is 66.2 Å². The van der Waals surface area contributed by atoms with Crippen molar-refractivity contribution in [3.8, 4) is 0 Å². The fraction of sp³-hybridized carbons (Fsp3) is 0.346. The summed E-state index contributed by atoms with van der Waals surface area (Å²) < 4.78 is 0. The Kier molecular flexibility index (Phi) is 6.51. The first kappa shape index (κ1) is 22.0. The number of carbonyl (C=O) groups is 2. The minimum Gasteiger partial charge on any atom is -0.349 e. The molecule has 32 heavy (non-hydrogen) atoms. The molecule has 1 saturated carbocycles. The van der Waals surface area contributed by atoms with E-state index in [0.717, 1.165) is 41.4 Å². The first-order valence-electron chi connectivity index (χ1n) is 11.2. The van der Waals surface area contributed by atoms with E-state index in [1.54, 1.807) is 5.48 Å². The molecule has 3 N–H and O–H groups in total. The topological polar surface area (TPSA) is 91.3 Å². The summed E-state index contributed by atoms with van der Waals surface area (Å²) in [6.07, 6.45) is 3.00. The monoisotopic (exact) mass is 431 g/mol. The smallest absolute Gasteiger partial charge is 0.251 e. The Morgan fingerprint density at radius 1 is 1.09 bits per heavy atom. The van der Waals surface area contributed by atoms with Gasteiger partial charge in [0.05, 0.1) is 11.4 Å². The van der Waals surface area contributed by atoms with Crippen LogP contribution in [0.5, 0.6) is 0 Å². The van der Waals surface area contributed by atoms with Crippen LogP contribution in [-0.4, -0.2) is 28.0 Å². The van der Waals surface area contributed by atoms with Gasteiger partial charge < -0.3 is 5.32 Å². The van der Waals surface area contributed by atoms with Crippen molar-refractivity contribution in [2.24, 2.45) is 5.92 Å². The molecule has 0 spiro atoms. The third-order valence-corrected chi connectivity index (χ3v) is 6.30. The van der Waals surface area contributed by atoms with Crippen molar-refractivity contribution >= 4 is 22.7 Å². The van der Waals surface area contributed by atoms with Crippen LogP contribution in [0.15, 0.2) is 54.6 Å². The standard InChI is InChI=1S/C26H29N3O3/c1-16(2)24-15-19(20-6-3-4-8-22(20)27-24)14-17-10-12-18(13-11-17)25(30)28-23-9-5-7-21(23)26(31)29-32/h3-4,6,8,10-13,15-16,21,23,32H,5,7,9,14H2,1-2H3,(H,28,30)(H,29,31)/t21-,23+/m0/s1.